The van der Waals surface area contributed by atoms with Crippen molar-refractivity contribution in [3.8, 4) is 0 Å². The molecule has 4 saturated carbocycles. The molecule has 9 nitrogen and oxygen atoms in total. The zero-order valence-corrected chi connectivity index (χ0v) is 27.5. The van der Waals surface area contributed by atoms with Gasteiger partial charge >= 0.3 is 5.97 Å². The number of fused-ring (bicyclic) bond motifs is 8. The molecule has 0 saturated heterocycles. The molecule has 2 heterocycles. The molecule has 44 heavy (non-hydrogen) atoms. The van der Waals surface area contributed by atoms with Crippen molar-refractivity contribution in [1.29, 1.82) is 0 Å². The van der Waals surface area contributed by atoms with Gasteiger partial charge in [-0.05, 0) is 110 Å². The SMILES string of the molecule is CC1(C(=O)O)CCC2(C)CCC3(C)C(=CC(=O)C4C5(C)CCC(O)C(C)(C)C5CCC43C)C2C1.Nc1ncnc2nc[nH]c12. The number of nitrogen functional groups attached to an aromatic ring is 1. The van der Waals surface area contributed by atoms with Crippen molar-refractivity contribution in [2.24, 2.45) is 50.2 Å². The van der Waals surface area contributed by atoms with Crippen LogP contribution in [0.2, 0.25) is 0 Å². The molecule has 0 aliphatic heterocycles. The van der Waals surface area contributed by atoms with Gasteiger partial charge < -0.3 is 20.9 Å². The lowest BCUT2D eigenvalue weighted by Gasteiger charge is -2.70. The quantitative estimate of drug-likeness (QED) is 0.293. The number of aromatic nitrogens is 4. The highest BCUT2D eigenvalue weighted by atomic mass is 16.4. The van der Waals surface area contributed by atoms with Crippen LogP contribution in [0.15, 0.2) is 24.3 Å². The Labute approximate surface area is 260 Å². The molecule has 9 unspecified atom stereocenters. The van der Waals surface area contributed by atoms with E-state index < -0.39 is 11.4 Å². The molecular formula is C35H51N5O4. The predicted molar refractivity (Wildman–Crippen MR) is 169 cm³/mol. The standard InChI is InChI=1S/C30H46O4.C5H5N5/c1-25(2)21-8-11-30(7)23(28(21,5)10-9-22(25)32)20(31)16-18-19-17-27(4,24(33)34)13-12-26(19,3)14-15-29(18,30)6;6-4-3-5(9-1-7-3)10-2-8-4/h16,19,21-23,32H,8-15,17H2,1-7H3,(H,33,34);1-2H,(H3,6,7,8,9,10). The average molecular weight is 606 g/mol. The van der Waals surface area contributed by atoms with E-state index in [0.29, 0.717) is 29.3 Å². The molecule has 5 aliphatic rings. The van der Waals surface area contributed by atoms with Gasteiger partial charge in [-0.25, -0.2) is 15.0 Å². The minimum atomic E-state index is -0.711. The highest BCUT2D eigenvalue weighted by Crippen LogP contribution is 2.75. The Morgan fingerprint density at radius 1 is 0.955 bits per heavy atom. The second kappa shape index (κ2) is 9.84. The van der Waals surface area contributed by atoms with E-state index in [9.17, 15) is 19.8 Å². The van der Waals surface area contributed by atoms with Gasteiger partial charge in [-0.15, -0.1) is 0 Å². The van der Waals surface area contributed by atoms with Crippen LogP contribution in [0.3, 0.4) is 0 Å². The van der Waals surface area contributed by atoms with Crippen molar-refractivity contribution in [3.05, 3.63) is 24.3 Å². The van der Waals surface area contributed by atoms with Gasteiger partial charge in [0.25, 0.3) is 0 Å². The Morgan fingerprint density at radius 3 is 2.34 bits per heavy atom. The van der Waals surface area contributed by atoms with Crippen LogP contribution >= 0.6 is 0 Å². The van der Waals surface area contributed by atoms with E-state index >= 15 is 0 Å². The lowest BCUT2D eigenvalue weighted by molar-refractivity contribution is -0.202. The van der Waals surface area contributed by atoms with Crippen LogP contribution in [-0.4, -0.2) is 48.0 Å². The van der Waals surface area contributed by atoms with Crippen molar-refractivity contribution in [3.63, 3.8) is 0 Å². The summed E-state index contributed by atoms with van der Waals surface area (Å²) >= 11 is 0. The van der Waals surface area contributed by atoms with E-state index in [-0.39, 0.29) is 50.8 Å². The van der Waals surface area contributed by atoms with E-state index in [2.05, 4.69) is 61.5 Å². The molecule has 9 atom stereocenters. The summed E-state index contributed by atoms with van der Waals surface area (Å²) in [7, 11) is 0. The first-order valence-corrected chi connectivity index (χ1v) is 16.5. The number of ketones is 1. The Morgan fingerprint density at radius 2 is 1.66 bits per heavy atom. The molecule has 0 aromatic carbocycles. The van der Waals surface area contributed by atoms with Gasteiger partial charge in [-0.2, -0.15) is 0 Å². The van der Waals surface area contributed by atoms with E-state index in [0.717, 1.165) is 51.4 Å². The van der Waals surface area contributed by atoms with E-state index in [1.165, 1.54) is 18.2 Å². The molecule has 7 rings (SSSR count). The number of carbonyl (C=O) groups excluding carboxylic acids is 1. The van der Waals surface area contributed by atoms with Crippen molar-refractivity contribution < 1.29 is 19.8 Å². The number of carboxylic acid groups (broad SMARTS) is 1. The van der Waals surface area contributed by atoms with Crippen LogP contribution in [0, 0.1) is 50.2 Å². The molecule has 5 aliphatic carbocycles. The van der Waals surface area contributed by atoms with Gasteiger partial charge in [0.05, 0.1) is 17.8 Å². The number of imidazole rings is 1. The molecule has 2 aromatic rings. The van der Waals surface area contributed by atoms with Crippen molar-refractivity contribution >= 4 is 28.7 Å². The summed E-state index contributed by atoms with van der Waals surface area (Å²) in [6, 6.07) is 0. The Kier molecular flexibility index (Phi) is 6.98. The maximum atomic E-state index is 14.2. The molecule has 4 fully saturated rings. The maximum absolute atomic E-state index is 14.2. The first-order chi connectivity index (χ1) is 20.4. The highest BCUT2D eigenvalue weighted by Gasteiger charge is 2.70. The number of rotatable bonds is 1. The van der Waals surface area contributed by atoms with Crippen LogP contribution in [0.25, 0.3) is 11.2 Å². The van der Waals surface area contributed by atoms with Crippen LogP contribution < -0.4 is 5.73 Å². The average Bonchev–Trinajstić information content (AvgIpc) is 3.44. The number of aliphatic hydroxyl groups is 1. The number of allylic oxidation sites excluding steroid dienone is 2. The number of nitrogens with zero attached hydrogens (tertiary/aromatic N) is 3. The fraction of sp³-hybridized carbons (Fsp3) is 0.743. The number of aliphatic hydroxyl groups excluding tert-OH is 1. The minimum absolute atomic E-state index is 0.0296. The maximum Gasteiger partial charge on any atom is 0.309 e. The van der Waals surface area contributed by atoms with Gasteiger partial charge in [-0.1, -0.05) is 47.1 Å². The van der Waals surface area contributed by atoms with Crippen molar-refractivity contribution in [2.75, 3.05) is 5.73 Å². The molecule has 2 aromatic heterocycles. The number of anilines is 1. The van der Waals surface area contributed by atoms with Crippen LogP contribution in [0.4, 0.5) is 5.82 Å². The zero-order valence-electron chi connectivity index (χ0n) is 27.5. The van der Waals surface area contributed by atoms with Gasteiger partial charge in [0.1, 0.15) is 11.8 Å². The molecule has 240 valence electrons. The van der Waals surface area contributed by atoms with Gasteiger partial charge in [-0.3, -0.25) is 9.59 Å². The zero-order chi connectivity index (χ0) is 32.1. The number of hydrogen-bond acceptors (Lipinski definition) is 7. The summed E-state index contributed by atoms with van der Waals surface area (Å²) in [5.41, 5.74) is 6.92. The molecule has 0 amide bonds. The number of aliphatic carboxylic acids is 1. The van der Waals surface area contributed by atoms with Crippen LogP contribution in [0.5, 0.6) is 0 Å². The first-order valence-electron chi connectivity index (χ1n) is 16.5. The lowest BCUT2D eigenvalue weighted by Crippen LogP contribution is -2.66. The van der Waals surface area contributed by atoms with E-state index in [4.69, 9.17) is 5.73 Å². The normalized spacial score (nSPS) is 44.2. The summed E-state index contributed by atoms with van der Waals surface area (Å²) in [6.07, 6.45) is 12.9. The number of carboxylic acids is 1. The smallest absolute Gasteiger partial charge is 0.309 e. The fourth-order valence-corrected chi connectivity index (χ4v) is 11.1. The summed E-state index contributed by atoms with van der Waals surface area (Å²) in [4.78, 5) is 40.8. The predicted octanol–water partition coefficient (Wildman–Crippen LogP) is 6.35. The Balaban J connectivity index is 0.000000289. The third-order valence-electron chi connectivity index (χ3n) is 14.3. The molecular weight excluding hydrogens is 554 g/mol. The van der Waals surface area contributed by atoms with Crippen molar-refractivity contribution in [2.45, 2.75) is 112 Å². The fourth-order valence-electron chi connectivity index (χ4n) is 11.1. The summed E-state index contributed by atoms with van der Waals surface area (Å²) in [5.74, 6) is 0.493. The number of nitrogens with one attached hydrogen (secondary N) is 1. The minimum Gasteiger partial charge on any atom is -0.481 e. The number of H-pyrrole nitrogens is 1. The van der Waals surface area contributed by atoms with Gasteiger partial charge in [0.15, 0.2) is 17.2 Å². The van der Waals surface area contributed by atoms with Gasteiger partial charge in [0.2, 0.25) is 0 Å². The van der Waals surface area contributed by atoms with Gasteiger partial charge in [0, 0.05) is 5.92 Å². The summed E-state index contributed by atoms with van der Waals surface area (Å²) < 4.78 is 0. The largest absolute Gasteiger partial charge is 0.481 e. The number of aromatic amines is 1. The molecule has 0 radical (unpaired) electrons. The molecule has 0 bridgehead atoms. The molecule has 9 heteroatoms. The summed E-state index contributed by atoms with van der Waals surface area (Å²) in [5, 5.41) is 20.9. The van der Waals surface area contributed by atoms with E-state index in [1.54, 1.807) is 0 Å². The Bertz CT molecular complexity index is 1530. The number of hydrogen-bond donors (Lipinski definition) is 4. The highest BCUT2D eigenvalue weighted by molar-refractivity contribution is 5.95. The molecule has 0 spiro atoms. The second-order valence-electron chi connectivity index (χ2n) is 16.8. The number of carbonyl (C=O) groups is 2. The lowest BCUT2D eigenvalue weighted by atomic mass is 9.33. The summed E-state index contributed by atoms with van der Waals surface area (Å²) in [6.45, 7) is 15.8. The van der Waals surface area contributed by atoms with Crippen LogP contribution in [0.1, 0.15) is 106 Å². The topological polar surface area (TPSA) is 155 Å². The van der Waals surface area contributed by atoms with Crippen LogP contribution in [-0.2, 0) is 9.59 Å². The monoisotopic (exact) mass is 605 g/mol. The van der Waals surface area contributed by atoms with E-state index in [1.807, 2.05) is 13.0 Å². The first kappa shape index (κ1) is 31.2. The molecule has 5 N–H and O–H groups in total. The second-order valence-corrected chi connectivity index (χ2v) is 16.8. The third kappa shape index (κ3) is 4.16. The third-order valence-corrected chi connectivity index (χ3v) is 14.3. The van der Waals surface area contributed by atoms with Crippen molar-refractivity contribution in [1.82, 2.24) is 19.9 Å². The number of nitrogens with two attached hydrogens (primary N) is 1. The Hall–Kier alpha value is -2.81.